The van der Waals surface area contributed by atoms with Crippen molar-refractivity contribution < 1.29 is 14.3 Å². The number of hydrogen-bond acceptors (Lipinski definition) is 5. The molecule has 1 unspecified atom stereocenters. The van der Waals surface area contributed by atoms with Crippen molar-refractivity contribution in [2.75, 3.05) is 31.9 Å². The SMILES string of the molecule is COCC(Nc1ccc(N)cc1C(=O)OC)C(C)C. The smallest absolute Gasteiger partial charge is 0.340 e. The second kappa shape index (κ2) is 6.99. The fourth-order valence-corrected chi connectivity index (χ4v) is 1.75. The van der Waals surface area contributed by atoms with E-state index in [0.29, 0.717) is 29.5 Å². The number of esters is 1. The molecule has 0 aromatic heterocycles. The molecule has 0 aliphatic heterocycles. The Bertz CT molecular complexity index is 433. The maximum absolute atomic E-state index is 11.7. The van der Waals surface area contributed by atoms with Crippen LogP contribution in [0.25, 0.3) is 0 Å². The van der Waals surface area contributed by atoms with Gasteiger partial charge < -0.3 is 20.5 Å². The van der Waals surface area contributed by atoms with Crippen LogP contribution in [0, 0.1) is 5.92 Å². The molecule has 1 aromatic rings. The van der Waals surface area contributed by atoms with Gasteiger partial charge in [-0.1, -0.05) is 13.8 Å². The van der Waals surface area contributed by atoms with E-state index in [2.05, 4.69) is 19.2 Å². The summed E-state index contributed by atoms with van der Waals surface area (Å²) in [5.74, 6) is -0.0438. The lowest BCUT2D eigenvalue weighted by Gasteiger charge is -2.24. The van der Waals surface area contributed by atoms with Gasteiger partial charge in [-0.15, -0.1) is 0 Å². The van der Waals surface area contributed by atoms with Crippen molar-refractivity contribution in [1.82, 2.24) is 0 Å². The predicted molar refractivity (Wildman–Crippen MR) is 76.3 cm³/mol. The summed E-state index contributed by atoms with van der Waals surface area (Å²) in [5, 5.41) is 3.31. The predicted octanol–water partition coefficient (Wildman–Crippen LogP) is 2.14. The maximum Gasteiger partial charge on any atom is 0.340 e. The lowest BCUT2D eigenvalue weighted by molar-refractivity contribution is 0.0601. The number of carbonyl (C=O) groups is 1. The minimum atomic E-state index is -0.408. The third-order valence-electron chi connectivity index (χ3n) is 2.94. The Balaban J connectivity index is 3.01. The zero-order valence-electron chi connectivity index (χ0n) is 11.9. The summed E-state index contributed by atoms with van der Waals surface area (Å²) in [4.78, 5) is 11.7. The van der Waals surface area contributed by atoms with Crippen LogP contribution in [0.2, 0.25) is 0 Å². The molecule has 0 radical (unpaired) electrons. The van der Waals surface area contributed by atoms with E-state index in [1.807, 2.05) is 0 Å². The number of carbonyl (C=O) groups excluding carboxylic acids is 1. The molecule has 0 spiro atoms. The number of hydrogen-bond donors (Lipinski definition) is 2. The lowest BCUT2D eigenvalue weighted by atomic mass is 10.0. The first-order valence-corrected chi connectivity index (χ1v) is 6.23. The van der Waals surface area contributed by atoms with E-state index in [1.54, 1.807) is 25.3 Å². The van der Waals surface area contributed by atoms with Crippen molar-refractivity contribution in [3.63, 3.8) is 0 Å². The molecule has 3 N–H and O–H groups in total. The highest BCUT2D eigenvalue weighted by Crippen LogP contribution is 2.22. The quantitative estimate of drug-likeness (QED) is 0.609. The van der Waals surface area contributed by atoms with Gasteiger partial charge in [0, 0.05) is 18.5 Å². The highest BCUT2D eigenvalue weighted by molar-refractivity contribution is 5.96. The second-order valence-electron chi connectivity index (χ2n) is 4.75. The van der Waals surface area contributed by atoms with E-state index in [9.17, 15) is 4.79 Å². The lowest BCUT2D eigenvalue weighted by Crippen LogP contribution is -2.31. The summed E-state index contributed by atoms with van der Waals surface area (Å²) in [5.41, 5.74) is 7.38. The van der Waals surface area contributed by atoms with Crippen molar-refractivity contribution in [2.45, 2.75) is 19.9 Å². The Hall–Kier alpha value is -1.75. The number of ether oxygens (including phenoxy) is 2. The van der Waals surface area contributed by atoms with Crippen LogP contribution < -0.4 is 11.1 Å². The van der Waals surface area contributed by atoms with Gasteiger partial charge in [0.15, 0.2) is 0 Å². The molecule has 1 rings (SSSR count). The number of benzene rings is 1. The Morgan fingerprint density at radius 3 is 2.58 bits per heavy atom. The van der Waals surface area contributed by atoms with Gasteiger partial charge in [0.25, 0.3) is 0 Å². The second-order valence-corrected chi connectivity index (χ2v) is 4.75. The third-order valence-corrected chi connectivity index (χ3v) is 2.94. The molecule has 0 fully saturated rings. The van der Waals surface area contributed by atoms with E-state index in [4.69, 9.17) is 15.2 Å². The zero-order chi connectivity index (χ0) is 14.4. The van der Waals surface area contributed by atoms with Gasteiger partial charge in [0.05, 0.1) is 25.3 Å². The number of nitrogens with one attached hydrogen (secondary N) is 1. The van der Waals surface area contributed by atoms with E-state index < -0.39 is 5.97 Å². The van der Waals surface area contributed by atoms with Crippen molar-refractivity contribution in [3.8, 4) is 0 Å². The molecule has 5 nitrogen and oxygen atoms in total. The average molecular weight is 266 g/mol. The van der Waals surface area contributed by atoms with Crippen LogP contribution in [-0.2, 0) is 9.47 Å². The minimum Gasteiger partial charge on any atom is -0.465 e. The van der Waals surface area contributed by atoms with Gasteiger partial charge in [0.2, 0.25) is 0 Å². The first-order chi connectivity index (χ1) is 8.99. The topological polar surface area (TPSA) is 73.6 Å². The minimum absolute atomic E-state index is 0.108. The summed E-state index contributed by atoms with van der Waals surface area (Å²) in [7, 11) is 3.01. The van der Waals surface area contributed by atoms with Crippen LogP contribution >= 0.6 is 0 Å². The Labute approximate surface area is 114 Å². The van der Waals surface area contributed by atoms with Crippen LogP contribution in [0.5, 0.6) is 0 Å². The van der Waals surface area contributed by atoms with Crippen LogP contribution in [0.15, 0.2) is 18.2 Å². The zero-order valence-corrected chi connectivity index (χ0v) is 11.9. The number of anilines is 2. The molecule has 0 saturated carbocycles. The molecule has 0 saturated heterocycles. The van der Waals surface area contributed by atoms with Crippen LogP contribution in [-0.4, -0.2) is 32.8 Å². The highest BCUT2D eigenvalue weighted by Gasteiger charge is 2.18. The van der Waals surface area contributed by atoms with Crippen molar-refractivity contribution >= 4 is 17.3 Å². The van der Waals surface area contributed by atoms with Gasteiger partial charge in [-0.2, -0.15) is 0 Å². The van der Waals surface area contributed by atoms with Crippen molar-refractivity contribution in [2.24, 2.45) is 5.92 Å². The molecule has 19 heavy (non-hydrogen) atoms. The van der Waals surface area contributed by atoms with E-state index in [-0.39, 0.29) is 6.04 Å². The fourth-order valence-electron chi connectivity index (χ4n) is 1.75. The average Bonchev–Trinajstić information content (AvgIpc) is 2.38. The maximum atomic E-state index is 11.7. The normalized spacial score (nSPS) is 12.3. The molecule has 0 aliphatic carbocycles. The van der Waals surface area contributed by atoms with Gasteiger partial charge in [-0.05, 0) is 24.1 Å². The summed E-state index contributed by atoms with van der Waals surface area (Å²) >= 11 is 0. The summed E-state index contributed by atoms with van der Waals surface area (Å²) in [6, 6.07) is 5.25. The molecule has 0 aliphatic rings. The summed E-state index contributed by atoms with van der Waals surface area (Å²) < 4.78 is 9.95. The molecule has 0 amide bonds. The Morgan fingerprint density at radius 1 is 1.37 bits per heavy atom. The van der Waals surface area contributed by atoms with E-state index in [1.165, 1.54) is 7.11 Å². The van der Waals surface area contributed by atoms with Crippen LogP contribution in [0.1, 0.15) is 24.2 Å². The molecular formula is C14H22N2O3. The largest absolute Gasteiger partial charge is 0.465 e. The third kappa shape index (κ3) is 4.13. The molecule has 0 bridgehead atoms. The number of methoxy groups -OCH3 is 2. The number of rotatable bonds is 6. The summed E-state index contributed by atoms with van der Waals surface area (Å²) in [6.45, 7) is 4.74. The monoisotopic (exact) mass is 266 g/mol. The van der Waals surface area contributed by atoms with Crippen molar-refractivity contribution in [3.05, 3.63) is 23.8 Å². The van der Waals surface area contributed by atoms with Crippen molar-refractivity contribution in [1.29, 1.82) is 0 Å². The molecule has 0 heterocycles. The summed E-state index contributed by atoms with van der Waals surface area (Å²) in [6.07, 6.45) is 0. The van der Waals surface area contributed by atoms with E-state index >= 15 is 0 Å². The molecular weight excluding hydrogens is 244 g/mol. The highest BCUT2D eigenvalue weighted by atomic mass is 16.5. The number of nitrogens with two attached hydrogens (primary N) is 1. The standard InChI is InChI=1S/C14H22N2O3/c1-9(2)13(8-18-3)16-12-6-5-10(15)7-11(12)14(17)19-4/h5-7,9,13,16H,8,15H2,1-4H3. The van der Waals surface area contributed by atoms with E-state index in [0.717, 1.165) is 0 Å². The van der Waals surface area contributed by atoms with Crippen LogP contribution in [0.4, 0.5) is 11.4 Å². The van der Waals surface area contributed by atoms with Gasteiger partial charge in [-0.25, -0.2) is 4.79 Å². The van der Waals surface area contributed by atoms with Gasteiger partial charge in [0.1, 0.15) is 0 Å². The van der Waals surface area contributed by atoms with Crippen LogP contribution in [0.3, 0.4) is 0 Å². The number of nitrogen functional groups attached to an aromatic ring is 1. The first-order valence-electron chi connectivity index (χ1n) is 6.23. The Morgan fingerprint density at radius 2 is 2.05 bits per heavy atom. The fraction of sp³-hybridized carbons (Fsp3) is 0.500. The Kier molecular flexibility index (Phi) is 5.63. The first kappa shape index (κ1) is 15.3. The van der Waals surface area contributed by atoms with Gasteiger partial charge in [-0.3, -0.25) is 0 Å². The molecule has 1 aromatic carbocycles. The molecule has 1 atom stereocenters. The molecule has 106 valence electrons. The molecule has 5 heteroatoms. The van der Waals surface area contributed by atoms with Gasteiger partial charge >= 0.3 is 5.97 Å².